The Hall–Kier alpha value is -2.38. The molecule has 2 aromatic rings. The number of methoxy groups -OCH3 is 1. The van der Waals surface area contributed by atoms with Crippen molar-refractivity contribution < 1.29 is 9.47 Å². The summed E-state index contributed by atoms with van der Waals surface area (Å²) in [5.74, 6) is 0.439. The first-order valence-electron chi connectivity index (χ1n) is 8.48. The monoisotopic (exact) mass is 322 g/mol. The van der Waals surface area contributed by atoms with E-state index in [1.54, 1.807) is 7.11 Å². The second-order valence-corrected chi connectivity index (χ2v) is 5.97. The van der Waals surface area contributed by atoms with E-state index < -0.39 is 0 Å². The fourth-order valence-corrected chi connectivity index (χ4v) is 3.25. The quantitative estimate of drug-likeness (QED) is 0.618. The Bertz CT molecular complexity index is 736. The summed E-state index contributed by atoms with van der Waals surface area (Å²) in [6.45, 7) is 0.871. The molecular formula is C20H22N2O2. The SMILES string of the molecule is COCCOc1nc2c(c(-c3ccccc3)c1C#N)CCCCC2. The lowest BCUT2D eigenvalue weighted by Gasteiger charge is -2.17. The summed E-state index contributed by atoms with van der Waals surface area (Å²) < 4.78 is 10.8. The molecule has 124 valence electrons. The van der Waals surface area contributed by atoms with Gasteiger partial charge in [-0.05, 0) is 36.8 Å². The molecule has 1 heterocycles. The molecule has 3 rings (SSSR count). The van der Waals surface area contributed by atoms with Gasteiger partial charge >= 0.3 is 0 Å². The minimum atomic E-state index is 0.394. The van der Waals surface area contributed by atoms with Crippen LogP contribution in [0.1, 0.15) is 36.1 Å². The van der Waals surface area contributed by atoms with Crippen molar-refractivity contribution in [3.05, 3.63) is 47.2 Å². The maximum atomic E-state index is 9.79. The molecule has 0 N–H and O–H groups in total. The fraction of sp³-hybridized carbons (Fsp3) is 0.400. The van der Waals surface area contributed by atoms with Gasteiger partial charge in [0.05, 0.1) is 6.61 Å². The second-order valence-electron chi connectivity index (χ2n) is 5.97. The van der Waals surface area contributed by atoms with E-state index in [1.807, 2.05) is 18.2 Å². The van der Waals surface area contributed by atoms with E-state index in [9.17, 15) is 5.26 Å². The van der Waals surface area contributed by atoms with E-state index in [4.69, 9.17) is 14.5 Å². The summed E-state index contributed by atoms with van der Waals surface area (Å²) in [6.07, 6.45) is 5.40. The molecule has 0 saturated heterocycles. The van der Waals surface area contributed by atoms with Crippen LogP contribution >= 0.6 is 0 Å². The van der Waals surface area contributed by atoms with Crippen molar-refractivity contribution in [2.45, 2.75) is 32.1 Å². The van der Waals surface area contributed by atoms with Crippen LogP contribution in [-0.2, 0) is 17.6 Å². The number of ether oxygens (including phenoxy) is 2. The first kappa shape index (κ1) is 16.5. The van der Waals surface area contributed by atoms with Crippen molar-refractivity contribution in [3.8, 4) is 23.1 Å². The maximum Gasteiger partial charge on any atom is 0.232 e. The number of aryl methyl sites for hydroxylation is 1. The average molecular weight is 322 g/mol. The maximum absolute atomic E-state index is 9.79. The molecule has 0 atom stereocenters. The van der Waals surface area contributed by atoms with Gasteiger partial charge < -0.3 is 9.47 Å². The molecule has 0 unspecified atom stereocenters. The molecule has 1 aliphatic rings. The Balaban J connectivity index is 2.15. The van der Waals surface area contributed by atoms with E-state index in [2.05, 4.69) is 18.2 Å². The smallest absolute Gasteiger partial charge is 0.232 e. The van der Waals surface area contributed by atoms with Gasteiger partial charge in [-0.3, -0.25) is 0 Å². The lowest BCUT2D eigenvalue weighted by Crippen LogP contribution is -2.10. The Morgan fingerprint density at radius 2 is 1.88 bits per heavy atom. The van der Waals surface area contributed by atoms with Crippen molar-refractivity contribution in [2.24, 2.45) is 0 Å². The Labute approximate surface area is 143 Å². The summed E-state index contributed by atoms with van der Waals surface area (Å²) in [4.78, 5) is 4.70. The van der Waals surface area contributed by atoms with Crippen molar-refractivity contribution >= 4 is 0 Å². The van der Waals surface area contributed by atoms with Gasteiger partial charge in [-0.25, -0.2) is 4.98 Å². The third-order valence-corrected chi connectivity index (χ3v) is 4.39. The van der Waals surface area contributed by atoms with Crippen LogP contribution in [0.25, 0.3) is 11.1 Å². The highest BCUT2D eigenvalue weighted by molar-refractivity contribution is 5.77. The predicted molar refractivity (Wildman–Crippen MR) is 93.0 cm³/mol. The second kappa shape index (κ2) is 7.94. The Kier molecular flexibility index (Phi) is 5.45. The molecule has 0 spiro atoms. The molecule has 0 bridgehead atoms. The standard InChI is InChI=1S/C20H22N2O2/c1-23-12-13-24-20-17(14-21)19(15-8-4-2-5-9-15)16-10-6-3-7-11-18(16)22-20/h2,4-5,8-9H,3,6-7,10-13H2,1H3. The van der Waals surface area contributed by atoms with Crippen LogP contribution < -0.4 is 4.74 Å². The largest absolute Gasteiger partial charge is 0.474 e. The van der Waals surface area contributed by atoms with Crippen LogP contribution in [0.4, 0.5) is 0 Å². The molecule has 4 heteroatoms. The van der Waals surface area contributed by atoms with Gasteiger partial charge in [-0.1, -0.05) is 36.8 Å². The lowest BCUT2D eigenvalue weighted by atomic mass is 9.92. The van der Waals surface area contributed by atoms with Crippen molar-refractivity contribution in [3.63, 3.8) is 0 Å². The van der Waals surface area contributed by atoms with Gasteiger partial charge in [0.15, 0.2) is 0 Å². The third kappa shape index (κ3) is 3.42. The van der Waals surface area contributed by atoms with Gasteiger partial charge in [-0.2, -0.15) is 5.26 Å². The third-order valence-electron chi connectivity index (χ3n) is 4.39. The van der Waals surface area contributed by atoms with Gasteiger partial charge in [0.25, 0.3) is 0 Å². The molecular weight excluding hydrogens is 300 g/mol. The molecule has 1 aromatic heterocycles. The van der Waals surface area contributed by atoms with Gasteiger partial charge in [0.1, 0.15) is 18.2 Å². The molecule has 4 nitrogen and oxygen atoms in total. The number of nitrogens with zero attached hydrogens (tertiary/aromatic N) is 2. The van der Waals surface area contributed by atoms with E-state index in [1.165, 1.54) is 12.0 Å². The minimum Gasteiger partial charge on any atom is -0.474 e. The topological polar surface area (TPSA) is 55.1 Å². The number of pyridine rings is 1. The summed E-state index contributed by atoms with van der Waals surface area (Å²) in [5, 5.41) is 9.79. The molecule has 1 aliphatic carbocycles. The minimum absolute atomic E-state index is 0.394. The van der Waals surface area contributed by atoms with E-state index in [0.29, 0.717) is 24.7 Å². The molecule has 0 saturated carbocycles. The zero-order valence-corrected chi connectivity index (χ0v) is 14.0. The van der Waals surface area contributed by atoms with Crippen molar-refractivity contribution in [2.75, 3.05) is 20.3 Å². The molecule has 0 radical (unpaired) electrons. The van der Waals surface area contributed by atoms with Crippen LogP contribution in [0.5, 0.6) is 5.88 Å². The van der Waals surface area contributed by atoms with E-state index in [0.717, 1.165) is 42.5 Å². The Morgan fingerprint density at radius 3 is 2.62 bits per heavy atom. The first-order valence-corrected chi connectivity index (χ1v) is 8.48. The number of benzene rings is 1. The van der Waals surface area contributed by atoms with Crippen LogP contribution in [-0.4, -0.2) is 25.3 Å². The zero-order valence-electron chi connectivity index (χ0n) is 14.0. The Morgan fingerprint density at radius 1 is 1.08 bits per heavy atom. The number of fused-ring (bicyclic) bond motifs is 1. The summed E-state index contributed by atoms with van der Waals surface area (Å²) in [7, 11) is 1.63. The van der Waals surface area contributed by atoms with Gasteiger partial charge in [-0.15, -0.1) is 0 Å². The molecule has 0 amide bonds. The van der Waals surface area contributed by atoms with E-state index >= 15 is 0 Å². The number of aromatic nitrogens is 1. The highest BCUT2D eigenvalue weighted by atomic mass is 16.5. The summed E-state index contributed by atoms with van der Waals surface area (Å²) in [6, 6.07) is 12.4. The molecule has 1 aromatic carbocycles. The fourth-order valence-electron chi connectivity index (χ4n) is 3.25. The number of hydrogen-bond acceptors (Lipinski definition) is 4. The molecule has 0 fully saturated rings. The lowest BCUT2D eigenvalue weighted by molar-refractivity contribution is 0.143. The van der Waals surface area contributed by atoms with Crippen LogP contribution in [0.2, 0.25) is 0 Å². The number of hydrogen-bond donors (Lipinski definition) is 0. The zero-order chi connectivity index (χ0) is 16.8. The first-order chi connectivity index (χ1) is 11.8. The average Bonchev–Trinajstić information content (AvgIpc) is 2.86. The van der Waals surface area contributed by atoms with Crippen molar-refractivity contribution in [1.29, 1.82) is 5.26 Å². The van der Waals surface area contributed by atoms with Crippen LogP contribution in [0, 0.1) is 11.3 Å². The summed E-state index contributed by atoms with van der Waals surface area (Å²) in [5.41, 5.74) is 4.90. The predicted octanol–water partition coefficient (Wildman–Crippen LogP) is 3.91. The highest BCUT2D eigenvalue weighted by Gasteiger charge is 2.22. The van der Waals surface area contributed by atoms with Gasteiger partial charge in [0.2, 0.25) is 5.88 Å². The highest BCUT2D eigenvalue weighted by Crippen LogP contribution is 2.36. The van der Waals surface area contributed by atoms with Crippen molar-refractivity contribution in [1.82, 2.24) is 4.98 Å². The number of rotatable bonds is 5. The van der Waals surface area contributed by atoms with E-state index in [-0.39, 0.29) is 0 Å². The normalized spacial score (nSPS) is 13.7. The number of nitriles is 1. The van der Waals surface area contributed by atoms with Gasteiger partial charge in [0, 0.05) is 18.4 Å². The van der Waals surface area contributed by atoms with Crippen LogP contribution in [0.15, 0.2) is 30.3 Å². The summed E-state index contributed by atoms with van der Waals surface area (Å²) >= 11 is 0. The molecule has 0 aliphatic heterocycles. The van der Waals surface area contributed by atoms with Crippen LogP contribution in [0.3, 0.4) is 0 Å². The molecule has 24 heavy (non-hydrogen) atoms.